The maximum absolute atomic E-state index is 12.2. The topological polar surface area (TPSA) is 64.8 Å². The second-order valence-corrected chi connectivity index (χ2v) is 8.01. The number of aromatic nitrogens is 1. The number of ether oxygens (including phenoxy) is 2. The minimum atomic E-state index is 0.00869. The molecule has 0 aliphatic carbocycles. The van der Waals surface area contributed by atoms with Gasteiger partial charge in [0.2, 0.25) is 0 Å². The van der Waals surface area contributed by atoms with Gasteiger partial charge in [-0.25, -0.2) is 0 Å². The zero-order chi connectivity index (χ0) is 20.5. The molecule has 2 aliphatic heterocycles. The molecular weight excluding hydrogens is 380 g/mol. The Bertz CT molecular complexity index is 1020. The van der Waals surface area contributed by atoms with Gasteiger partial charge in [0.1, 0.15) is 25.2 Å². The van der Waals surface area contributed by atoms with Crippen LogP contribution < -0.4 is 14.4 Å². The lowest BCUT2D eigenvalue weighted by molar-refractivity contribution is 0.0967. The van der Waals surface area contributed by atoms with Gasteiger partial charge in [0, 0.05) is 43.2 Å². The highest BCUT2D eigenvalue weighted by Gasteiger charge is 2.29. The summed E-state index contributed by atoms with van der Waals surface area (Å²) in [7, 11) is 0. The van der Waals surface area contributed by atoms with Crippen molar-refractivity contribution in [1.82, 2.24) is 5.16 Å². The van der Waals surface area contributed by atoms with Gasteiger partial charge < -0.3 is 18.9 Å². The molecule has 30 heavy (non-hydrogen) atoms. The van der Waals surface area contributed by atoms with E-state index in [1.807, 2.05) is 6.07 Å². The maximum Gasteiger partial charge on any atom is 0.185 e. The molecule has 1 fully saturated rings. The molecule has 1 saturated heterocycles. The number of anilines is 1. The summed E-state index contributed by atoms with van der Waals surface area (Å²) in [6.45, 7) is 5.26. The van der Waals surface area contributed by atoms with Gasteiger partial charge in [0.15, 0.2) is 17.3 Å². The van der Waals surface area contributed by atoms with E-state index in [0.717, 1.165) is 24.6 Å². The monoisotopic (exact) mass is 404 g/mol. The maximum atomic E-state index is 12.2. The van der Waals surface area contributed by atoms with E-state index in [-0.39, 0.29) is 11.7 Å². The van der Waals surface area contributed by atoms with Crippen molar-refractivity contribution in [1.29, 1.82) is 0 Å². The van der Waals surface area contributed by atoms with Crippen molar-refractivity contribution in [2.45, 2.75) is 25.2 Å². The molecule has 3 aromatic rings. The summed E-state index contributed by atoms with van der Waals surface area (Å²) in [5.41, 5.74) is 4.07. The molecule has 0 bridgehead atoms. The molecule has 1 atom stereocenters. The van der Waals surface area contributed by atoms with Crippen molar-refractivity contribution >= 4 is 11.5 Å². The third-order valence-corrected chi connectivity index (χ3v) is 5.96. The molecule has 0 N–H and O–H groups in total. The zero-order valence-electron chi connectivity index (χ0n) is 16.9. The molecule has 154 valence electrons. The number of carbonyl (C=O) groups excluding carboxylic acids is 1. The molecule has 0 spiro atoms. The van der Waals surface area contributed by atoms with Crippen molar-refractivity contribution in [3.63, 3.8) is 0 Å². The van der Waals surface area contributed by atoms with Crippen LogP contribution in [0.25, 0.3) is 0 Å². The highest BCUT2D eigenvalue weighted by atomic mass is 16.6. The van der Waals surface area contributed by atoms with E-state index in [9.17, 15) is 4.79 Å². The Morgan fingerprint density at radius 1 is 1.07 bits per heavy atom. The lowest BCUT2D eigenvalue weighted by Crippen LogP contribution is -2.45. The summed E-state index contributed by atoms with van der Waals surface area (Å²) in [4.78, 5) is 14.6. The fourth-order valence-electron chi connectivity index (χ4n) is 4.08. The average molecular weight is 404 g/mol. The van der Waals surface area contributed by atoms with Crippen LogP contribution in [0.4, 0.5) is 5.69 Å². The number of hydrogen-bond donors (Lipinski definition) is 0. The summed E-state index contributed by atoms with van der Waals surface area (Å²) in [5, 5.41) is 3.73. The summed E-state index contributed by atoms with van der Waals surface area (Å²) >= 11 is 0. The van der Waals surface area contributed by atoms with Gasteiger partial charge in [-0.05, 0) is 29.2 Å². The number of carbonyl (C=O) groups is 1. The van der Waals surface area contributed by atoms with Gasteiger partial charge in [-0.15, -0.1) is 0 Å². The quantitative estimate of drug-likeness (QED) is 0.567. The second-order valence-electron chi connectivity index (χ2n) is 8.01. The first kappa shape index (κ1) is 18.7. The van der Waals surface area contributed by atoms with Crippen molar-refractivity contribution in [2.75, 3.05) is 31.2 Å². The van der Waals surface area contributed by atoms with Crippen molar-refractivity contribution in [3.8, 4) is 11.5 Å². The summed E-state index contributed by atoms with van der Waals surface area (Å²) in [6.07, 6.45) is 1.85. The fraction of sp³-hybridized carbons (Fsp3) is 0.333. The van der Waals surface area contributed by atoms with Crippen LogP contribution in [0.3, 0.4) is 0 Å². The molecule has 0 unspecified atom stereocenters. The van der Waals surface area contributed by atoms with Gasteiger partial charge in [-0.3, -0.25) is 4.79 Å². The molecule has 0 radical (unpaired) electrons. The number of Topliss-reactive ketones (excluding diaryl/α,β-unsaturated/α-hetero) is 1. The lowest BCUT2D eigenvalue weighted by Gasteiger charge is -2.41. The van der Waals surface area contributed by atoms with Crippen LogP contribution in [0.1, 0.15) is 46.8 Å². The number of rotatable bonds is 6. The van der Waals surface area contributed by atoms with Crippen LogP contribution in [-0.4, -0.2) is 37.2 Å². The Kier molecular flexibility index (Phi) is 4.91. The first-order valence-electron chi connectivity index (χ1n) is 10.4. The van der Waals surface area contributed by atoms with E-state index in [2.05, 4.69) is 53.4 Å². The predicted molar refractivity (Wildman–Crippen MR) is 113 cm³/mol. The molecule has 6 heteroatoms. The summed E-state index contributed by atoms with van der Waals surface area (Å²) in [5.74, 6) is 2.32. The van der Waals surface area contributed by atoms with Crippen LogP contribution in [0.5, 0.6) is 11.5 Å². The van der Waals surface area contributed by atoms with Crippen LogP contribution in [0, 0.1) is 0 Å². The van der Waals surface area contributed by atoms with Gasteiger partial charge in [-0.2, -0.15) is 0 Å². The Morgan fingerprint density at radius 2 is 1.83 bits per heavy atom. The van der Waals surface area contributed by atoms with E-state index in [1.54, 1.807) is 6.07 Å². The smallest absolute Gasteiger partial charge is 0.185 e. The SMILES string of the molecule is C[C@H](CC(=O)c1ccon1)c1ccc(C2CN(c3ccc4c(c3)OCCO4)C2)cc1. The molecule has 0 saturated carbocycles. The fourth-order valence-corrected chi connectivity index (χ4v) is 4.08. The van der Waals surface area contributed by atoms with Gasteiger partial charge in [0.05, 0.1) is 0 Å². The van der Waals surface area contributed by atoms with Gasteiger partial charge in [0.25, 0.3) is 0 Å². The number of benzene rings is 2. The minimum absolute atomic E-state index is 0.00869. The highest BCUT2D eigenvalue weighted by molar-refractivity contribution is 5.94. The molecule has 2 aromatic carbocycles. The number of nitrogens with zero attached hydrogens (tertiary/aromatic N) is 2. The molecule has 6 nitrogen and oxygen atoms in total. The van der Waals surface area contributed by atoms with Crippen LogP contribution in [0.15, 0.2) is 59.3 Å². The first-order valence-corrected chi connectivity index (χ1v) is 10.4. The lowest BCUT2D eigenvalue weighted by atomic mass is 9.88. The van der Waals surface area contributed by atoms with Crippen LogP contribution >= 0.6 is 0 Å². The molecule has 3 heterocycles. The normalized spacial score (nSPS) is 16.8. The summed E-state index contributed by atoms with van der Waals surface area (Å²) < 4.78 is 16.1. The predicted octanol–water partition coefficient (Wildman–Crippen LogP) is 4.43. The Labute approximate surface area is 175 Å². The van der Waals surface area contributed by atoms with E-state index in [4.69, 9.17) is 14.0 Å². The van der Waals surface area contributed by atoms with Crippen LogP contribution in [0.2, 0.25) is 0 Å². The number of hydrogen-bond acceptors (Lipinski definition) is 6. The largest absolute Gasteiger partial charge is 0.486 e. The molecule has 1 aromatic heterocycles. The summed E-state index contributed by atoms with van der Waals surface area (Å²) in [6, 6.07) is 16.4. The third kappa shape index (κ3) is 3.65. The van der Waals surface area contributed by atoms with E-state index >= 15 is 0 Å². The standard InChI is InChI=1S/C24H24N2O4/c1-16(12-22(27)21-8-9-30-25-21)17-2-4-18(5-3-17)19-14-26(15-19)20-6-7-23-24(13-20)29-11-10-28-23/h2-9,13,16,19H,10-12,14-15H2,1H3/t16-/m1/s1. The van der Waals surface area contributed by atoms with Crippen molar-refractivity contribution in [2.24, 2.45) is 0 Å². The average Bonchev–Trinajstić information content (AvgIpc) is 3.28. The Morgan fingerprint density at radius 3 is 2.57 bits per heavy atom. The third-order valence-electron chi connectivity index (χ3n) is 5.96. The van der Waals surface area contributed by atoms with E-state index in [1.165, 1.54) is 23.1 Å². The van der Waals surface area contributed by atoms with Crippen LogP contribution in [-0.2, 0) is 0 Å². The zero-order valence-corrected chi connectivity index (χ0v) is 16.9. The second kappa shape index (κ2) is 7.86. The molecular formula is C24H24N2O4. The Hall–Kier alpha value is -3.28. The minimum Gasteiger partial charge on any atom is -0.486 e. The van der Waals surface area contributed by atoms with Gasteiger partial charge in [-0.1, -0.05) is 36.3 Å². The van der Waals surface area contributed by atoms with Crippen molar-refractivity contribution in [3.05, 3.63) is 71.6 Å². The van der Waals surface area contributed by atoms with E-state index in [0.29, 0.717) is 31.2 Å². The number of ketones is 1. The van der Waals surface area contributed by atoms with E-state index < -0.39 is 0 Å². The molecule has 2 aliphatic rings. The first-order chi connectivity index (χ1) is 14.7. The molecule has 0 amide bonds. The number of fused-ring (bicyclic) bond motifs is 1. The molecule has 5 rings (SSSR count). The van der Waals surface area contributed by atoms with Crippen molar-refractivity contribution < 1.29 is 18.8 Å². The highest BCUT2D eigenvalue weighted by Crippen LogP contribution is 2.38. The van der Waals surface area contributed by atoms with Gasteiger partial charge >= 0.3 is 0 Å². The Balaban J connectivity index is 1.18.